The molecule has 4 nitrogen and oxygen atoms in total. The summed E-state index contributed by atoms with van der Waals surface area (Å²) in [6, 6.07) is 0. The highest BCUT2D eigenvalue weighted by atomic mass is 31.2. The Morgan fingerprint density at radius 2 is 1.55 bits per heavy atom. The predicted molar refractivity (Wildman–Crippen MR) is 135 cm³/mol. The summed E-state index contributed by atoms with van der Waals surface area (Å²) >= 11 is 0. The lowest BCUT2D eigenvalue weighted by Crippen LogP contribution is -2.54. The minimum absolute atomic E-state index is 0.265. The molecule has 33 heavy (non-hydrogen) atoms. The van der Waals surface area contributed by atoms with Gasteiger partial charge < -0.3 is 9.79 Å². The van der Waals surface area contributed by atoms with Gasteiger partial charge in [-0.15, -0.1) is 0 Å². The SMILES string of the molecule is CC(C)[C@H](C)CC[C@@H](C)[C@H]1CCC2C3CCC4CC(OP(=O)(O)O)CC[C@]4(C)C3CC[C@@]21C. The van der Waals surface area contributed by atoms with Gasteiger partial charge in [-0.05, 0) is 116 Å². The molecule has 0 saturated heterocycles. The van der Waals surface area contributed by atoms with Crippen LogP contribution < -0.4 is 0 Å². The first-order valence-electron chi connectivity index (χ1n) is 14.1. The van der Waals surface area contributed by atoms with Gasteiger partial charge in [0.25, 0.3) is 0 Å². The van der Waals surface area contributed by atoms with Gasteiger partial charge in [0.15, 0.2) is 0 Å². The third-order valence-corrected chi connectivity index (χ3v) is 12.5. The summed E-state index contributed by atoms with van der Waals surface area (Å²) in [6.07, 6.45) is 13.4. The van der Waals surface area contributed by atoms with Gasteiger partial charge in [0.2, 0.25) is 0 Å². The van der Waals surface area contributed by atoms with E-state index in [0.717, 1.165) is 60.7 Å². The molecule has 4 rings (SSSR count). The van der Waals surface area contributed by atoms with Crippen LogP contribution in [0.1, 0.15) is 112 Å². The zero-order valence-corrected chi connectivity index (χ0v) is 23.0. The molecular formula is C28H51O4P. The average molecular weight is 483 g/mol. The lowest BCUT2D eigenvalue weighted by atomic mass is 9.44. The fraction of sp³-hybridized carbons (Fsp3) is 1.00. The minimum Gasteiger partial charge on any atom is -0.303 e. The Hall–Kier alpha value is 0.110. The van der Waals surface area contributed by atoms with Crippen molar-refractivity contribution < 1.29 is 18.9 Å². The molecule has 0 amide bonds. The Labute approximate surface area is 203 Å². The molecule has 10 atom stereocenters. The Bertz CT molecular complexity index is 733. The molecule has 5 heteroatoms. The third kappa shape index (κ3) is 5.03. The second-order valence-electron chi connectivity index (χ2n) is 13.7. The molecule has 4 aliphatic carbocycles. The Balaban J connectivity index is 1.43. The van der Waals surface area contributed by atoms with E-state index >= 15 is 0 Å². The number of hydrogen-bond acceptors (Lipinski definition) is 2. The minimum atomic E-state index is -4.39. The van der Waals surface area contributed by atoms with Crippen LogP contribution in [0.4, 0.5) is 0 Å². The molecule has 0 bridgehead atoms. The molecule has 0 radical (unpaired) electrons. The number of phosphoric acid groups is 1. The van der Waals surface area contributed by atoms with E-state index in [1.165, 1.54) is 51.4 Å². The maximum absolute atomic E-state index is 11.4. The summed E-state index contributed by atoms with van der Waals surface area (Å²) in [5, 5.41) is 0. The molecule has 0 aromatic carbocycles. The highest BCUT2D eigenvalue weighted by molar-refractivity contribution is 7.46. The zero-order chi connectivity index (χ0) is 24.2. The van der Waals surface area contributed by atoms with Crippen LogP contribution >= 0.6 is 7.82 Å². The van der Waals surface area contributed by atoms with Crippen LogP contribution in [0.5, 0.6) is 0 Å². The summed E-state index contributed by atoms with van der Waals surface area (Å²) in [5.74, 6) is 6.43. The molecular weight excluding hydrogens is 431 g/mol. The second-order valence-corrected chi connectivity index (χ2v) is 14.8. The zero-order valence-electron chi connectivity index (χ0n) is 22.1. The van der Waals surface area contributed by atoms with Crippen LogP contribution in [0.3, 0.4) is 0 Å². The van der Waals surface area contributed by atoms with Crippen LogP contribution in [-0.4, -0.2) is 15.9 Å². The van der Waals surface area contributed by atoms with Crippen molar-refractivity contribution >= 4 is 7.82 Å². The van der Waals surface area contributed by atoms with Crippen molar-refractivity contribution in [2.45, 2.75) is 118 Å². The number of hydrogen-bond donors (Lipinski definition) is 2. The van der Waals surface area contributed by atoms with Gasteiger partial charge in [-0.2, -0.15) is 0 Å². The van der Waals surface area contributed by atoms with Gasteiger partial charge in [-0.25, -0.2) is 4.57 Å². The molecule has 0 aromatic rings. The Kier molecular flexibility index (Phi) is 7.56. The van der Waals surface area contributed by atoms with E-state index in [0.29, 0.717) is 16.7 Å². The lowest BCUT2D eigenvalue weighted by molar-refractivity contribution is -0.128. The third-order valence-electron chi connectivity index (χ3n) is 11.9. The van der Waals surface area contributed by atoms with Crippen molar-refractivity contribution in [1.82, 2.24) is 0 Å². The molecule has 4 aliphatic rings. The second kappa shape index (κ2) is 9.53. The molecule has 0 spiro atoms. The molecule has 4 fully saturated rings. The normalized spacial score (nSPS) is 45.2. The van der Waals surface area contributed by atoms with Crippen molar-refractivity contribution in [3.8, 4) is 0 Å². The highest BCUT2D eigenvalue weighted by Gasteiger charge is 2.60. The van der Waals surface area contributed by atoms with Crippen LogP contribution in [-0.2, 0) is 9.09 Å². The van der Waals surface area contributed by atoms with Crippen molar-refractivity contribution in [3.63, 3.8) is 0 Å². The van der Waals surface area contributed by atoms with E-state index in [9.17, 15) is 14.4 Å². The van der Waals surface area contributed by atoms with Crippen molar-refractivity contribution in [1.29, 1.82) is 0 Å². The van der Waals surface area contributed by atoms with E-state index in [1.54, 1.807) is 0 Å². The van der Waals surface area contributed by atoms with E-state index in [4.69, 9.17) is 4.52 Å². The fourth-order valence-corrected chi connectivity index (χ4v) is 10.1. The lowest BCUT2D eigenvalue weighted by Gasteiger charge is -2.61. The highest BCUT2D eigenvalue weighted by Crippen LogP contribution is 2.68. The molecule has 192 valence electrons. The molecule has 0 aliphatic heterocycles. The molecule has 0 heterocycles. The first kappa shape index (κ1) is 26.2. The smallest absolute Gasteiger partial charge is 0.303 e. The van der Waals surface area contributed by atoms with Crippen molar-refractivity contribution in [3.05, 3.63) is 0 Å². The maximum Gasteiger partial charge on any atom is 0.469 e. The average Bonchev–Trinajstić information content (AvgIpc) is 3.08. The fourth-order valence-electron chi connectivity index (χ4n) is 9.54. The quantitative estimate of drug-likeness (QED) is 0.363. The largest absolute Gasteiger partial charge is 0.469 e. The summed E-state index contributed by atoms with van der Waals surface area (Å²) < 4.78 is 16.6. The van der Waals surface area contributed by atoms with Gasteiger partial charge in [-0.3, -0.25) is 4.52 Å². The van der Waals surface area contributed by atoms with Gasteiger partial charge in [0.05, 0.1) is 6.10 Å². The standard InChI is InChI=1S/C28H51O4P/c1-18(2)19(3)7-8-20(4)24-11-12-25-23-10-9-21-17-22(32-33(29,30)31)13-15-27(21,5)26(23)14-16-28(24,25)6/h18-26H,7-17H2,1-6H3,(H2,29,30,31)/t19-,20-,21?,22?,23?,24-,25?,26?,27+,28-/m1/s1. The van der Waals surface area contributed by atoms with Gasteiger partial charge >= 0.3 is 7.82 Å². The van der Waals surface area contributed by atoms with E-state index in [-0.39, 0.29) is 6.10 Å². The van der Waals surface area contributed by atoms with Crippen LogP contribution in [0.25, 0.3) is 0 Å². The van der Waals surface area contributed by atoms with Crippen LogP contribution in [0, 0.1) is 58.2 Å². The first-order chi connectivity index (χ1) is 15.3. The van der Waals surface area contributed by atoms with E-state index in [2.05, 4.69) is 41.5 Å². The van der Waals surface area contributed by atoms with Gasteiger partial charge in [0, 0.05) is 0 Å². The van der Waals surface area contributed by atoms with Crippen LogP contribution in [0.15, 0.2) is 0 Å². The number of phosphoric ester groups is 1. The molecule has 4 saturated carbocycles. The molecule has 0 aromatic heterocycles. The summed E-state index contributed by atoms with van der Waals surface area (Å²) in [5.41, 5.74) is 0.848. The number of fused-ring (bicyclic) bond motifs is 5. The molecule has 5 unspecified atom stereocenters. The molecule has 2 N–H and O–H groups in total. The number of rotatable bonds is 7. The van der Waals surface area contributed by atoms with Crippen molar-refractivity contribution in [2.24, 2.45) is 58.2 Å². The van der Waals surface area contributed by atoms with Gasteiger partial charge in [0.1, 0.15) is 0 Å². The predicted octanol–water partition coefficient (Wildman–Crippen LogP) is 7.83. The van der Waals surface area contributed by atoms with E-state index < -0.39 is 7.82 Å². The van der Waals surface area contributed by atoms with Crippen molar-refractivity contribution in [2.75, 3.05) is 0 Å². The summed E-state index contributed by atoms with van der Waals surface area (Å²) in [6.45, 7) is 14.9. The Morgan fingerprint density at radius 3 is 2.21 bits per heavy atom. The first-order valence-corrected chi connectivity index (χ1v) is 15.6. The van der Waals surface area contributed by atoms with Crippen LogP contribution in [0.2, 0.25) is 0 Å². The van der Waals surface area contributed by atoms with E-state index in [1.807, 2.05) is 0 Å². The topological polar surface area (TPSA) is 66.8 Å². The Morgan fingerprint density at radius 1 is 0.879 bits per heavy atom. The maximum atomic E-state index is 11.4. The van der Waals surface area contributed by atoms with Gasteiger partial charge in [-0.1, -0.05) is 54.4 Å². The monoisotopic (exact) mass is 482 g/mol. The summed E-state index contributed by atoms with van der Waals surface area (Å²) in [7, 11) is -4.39. The summed E-state index contributed by atoms with van der Waals surface area (Å²) in [4.78, 5) is 18.6.